The Kier molecular flexibility index (Phi) is 1.90. The molecule has 1 aromatic heterocycles. The molecule has 0 saturated heterocycles. The highest BCUT2D eigenvalue weighted by atomic mass is 79.9. The van der Waals surface area contributed by atoms with E-state index in [0.717, 1.165) is 10.3 Å². The summed E-state index contributed by atoms with van der Waals surface area (Å²) in [6.07, 6.45) is 1.67. The van der Waals surface area contributed by atoms with Gasteiger partial charge in [-0.2, -0.15) is 5.10 Å². The van der Waals surface area contributed by atoms with Crippen molar-refractivity contribution in [1.29, 1.82) is 0 Å². The molecular weight excluding hydrogens is 238 g/mol. The van der Waals surface area contributed by atoms with Crippen molar-refractivity contribution in [2.75, 3.05) is 4.34 Å². The summed E-state index contributed by atoms with van der Waals surface area (Å²) in [5.74, 6) is 0. The van der Waals surface area contributed by atoms with Crippen molar-refractivity contribution in [1.82, 2.24) is 10.2 Å². The predicted molar refractivity (Wildman–Crippen MR) is 38.8 cm³/mol. The molecule has 2 N–H and O–H groups in total. The first-order chi connectivity index (χ1) is 3.84. The number of rotatable bonds is 1. The molecule has 0 aliphatic heterocycles. The predicted octanol–water partition coefficient (Wildman–Crippen LogP) is 1.89. The second-order valence-corrected chi connectivity index (χ2v) is 2.38. The van der Waals surface area contributed by atoms with Crippen LogP contribution in [-0.2, 0) is 0 Å². The first-order valence-corrected chi connectivity index (χ1v) is 3.48. The maximum atomic E-state index is 3.73. The summed E-state index contributed by atoms with van der Waals surface area (Å²) in [6.45, 7) is 0. The summed E-state index contributed by atoms with van der Waals surface area (Å²) < 4.78 is 3.59. The summed E-state index contributed by atoms with van der Waals surface area (Å²) in [7, 11) is 0. The summed E-state index contributed by atoms with van der Waals surface area (Å²) in [6, 6.07) is 0. The highest BCUT2D eigenvalue weighted by Gasteiger charge is 1.95. The van der Waals surface area contributed by atoms with Gasteiger partial charge in [0.2, 0.25) is 0 Å². The number of nitrogens with one attached hydrogen (secondary N) is 2. The lowest BCUT2D eigenvalue weighted by Crippen LogP contribution is -1.73. The Balaban J connectivity index is 2.92. The van der Waals surface area contributed by atoms with Gasteiger partial charge in [-0.05, 0) is 15.9 Å². The first-order valence-electron chi connectivity index (χ1n) is 1.90. The van der Waals surface area contributed by atoms with Crippen LogP contribution >= 0.6 is 32.1 Å². The second kappa shape index (κ2) is 2.50. The van der Waals surface area contributed by atoms with E-state index in [9.17, 15) is 0 Å². The molecule has 8 heavy (non-hydrogen) atoms. The first kappa shape index (κ1) is 6.10. The third kappa shape index (κ3) is 1.03. The monoisotopic (exact) mass is 239 g/mol. The Morgan fingerprint density at radius 1 is 1.75 bits per heavy atom. The van der Waals surface area contributed by atoms with Gasteiger partial charge in [0.15, 0.2) is 0 Å². The molecule has 0 fully saturated rings. The minimum atomic E-state index is 0.842. The van der Waals surface area contributed by atoms with Crippen molar-refractivity contribution in [2.24, 2.45) is 0 Å². The highest BCUT2D eigenvalue weighted by Crippen LogP contribution is 2.18. The zero-order chi connectivity index (χ0) is 5.98. The summed E-state index contributed by atoms with van der Waals surface area (Å²) in [4.78, 5) is 0. The van der Waals surface area contributed by atoms with E-state index in [4.69, 9.17) is 0 Å². The number of hydrogen-bond acceptors (Lipinski definition) is 2. The van der Waals surface area contributed by atoms with Gasteiger partial charge in [0.05, 0.1) is 11.9 Å². The minimum Gasteiger partial charge on any atom is -0.319 e. The van der Waals surface area contributed by atoms with Crippen LogP contribution in [0.2, 0.25) is 0 Å². The standard InChI is InChI=1S/C3H3Br2N3/c4-3-2(7-5)1-6-8-3/h1,7H,(H,6,8). The van der Waals surface area contributed by atoms with Crippen LogP contribution in [0.15, 0.2) is 10.8 Å². The van der Waals surface area contributed by atoms with E-state index in [2.05, 4.69) is 46.6 Å². The van der Waals surface area contributed by atoms with Gasteiger partial charge >= 0.3 is 0 Å². The minimum absolute atomic E-state index is 0.842. The van der Waals surface area contributed by atoms with Gasteiger partial charge in [-0.1, -0.05) is 0 Å². The molecule has 1 heterocycles. The van der Waals surface area contributed by atoms with Gasteiger partial charge in [-0.15, -0.1) is 0 Å². The maximum absolute atomic E-state index is 3.73. The van der Waals surface area contributed by atoms with E-state index >= 15 is 0 Å². The quantitative estimate of drug-likeness (QED) is 0.737. The smallest absolute Gasteiger partial charge is 0.124 e. The van der Waals surface area contributed by atoms with Crippen molar-refractivity contribution >= 4 is 37.8 Å². The Bertz CT molecular complexity index is 173. The van der Waals surface area contributed by atoms with Crippen molar-refractivity contribution in [2.45, 2.75) is 0 Å². The van der Waals surface area contributed by atoms with Gasteiger partial charge in [-0.25, -0.2) is 0 Å². The van der Waals surface area contributed by atoms with E-state index in [1.54, 1.807) is 6.20 Å². The SMILES string of the molecule is BrNc1cn[nH]c1Br. The van der Waals surface area contributed by atoms with Gasteiger partial charge < -0.3 is 4.34 Å². The average Bonchev–Trinajstić information content (AvgIpc) is 2.14. The van der Waals surface area contributed by atoms with Crippen molar-refractivity contribution in [3.05, 3.63) is 10.8 Å². The van der Waals surface area contributed by atoms with Gasteiger partial charge in [0.25, 0.3) is 0 Å². The largest absolute Gasteiger partial charge is 0.319 e. The lowest BCUT2D eigenvalue weighted by atomic mass is 10.6. The van der Waals surface area contributed by atoms with Gasteiger partial charge in [0.1, 0.15) is 4.60 Å². The molecule has 44 valence electrons. The molecule has 0 aromatic carbocycles. The number of hydrogen-bond donors (Lipinski definition) is 2. The highest BCUT2D eigenvalue weighted by molar-refractivity contribution is 9.11. The lowest BCUT2D eigenvalue weighted by Gasteiger charge is -1.87. The molecular formula is C3H3Br2N3. The molecule has 5 heteroatoms. The molecule has 0 unspecified atom stereocenters. The van der Waals surface area contributed by atoms with Gasteiger partial charge in [0, 0.05) is 16.1 Å². The number of H-pyrrole nitrogens is 1. The molecule has 0 bridgehead atoms. The fourth-order valence-electron chi connectivity index (χ4n) is 0.336. The second-order valence-electron chi connectivity index (χ2n) is 1.19. The molecule has 3 nitrogen and oxygen atoms in total. The van der Waals surface area contributed by atoms with Crippen LogP contribution in [0.5, 0.6) is 0 Å². The van der Waals surface area contributed by atoms with E-state index in [1.807, 2.05) is 0 Å². The Labute approximate surface area is 63.3 Å². The zero-order valence-electron chi connectivity index (χ0n) is 3.78. The summed E-state index contributed by atoms with van der Waals surface area (Å²) in [5.41, 5.74) is 0.894. The Morgan fingerprint density at radius 3 is 2.75 bits per heavy atom. The van der Waals surface area contributed by atoms with Crippen molar-refractivity contribution in [3.8, 4) is 0 Å². The third-order valence-corrected chi connectivity index (χ3v) is 1.73. The molecule has 0 saturated carbocycles. The fourth-order valence-corrected chi connectivity index (χ4v) is 1.21. The third-order valence-electron chi connectivity index (χ3n) is 0.695. The molecule has 0 amide bonds. The Hall–Kier alpha value is -0.0300. The molecule has 0 atom stereocenters. The number of aromatic amines is 1. The van der Waals surface area contributed by atoms with Crippen molar-refractivity contribution in [3.63, 3.8) is 0 Å². The van der Waals surface area contributed by atoms with Crippen LogP contribution in [-0.4, -0.2) is 10.2 Å². The molecule has 0 aliphatic rings. The lowest BCUT2D eigenvalue weighted by molar-refractivity contribution is 1.07. The van der Waals surface area contributed by atoms with E-state index in [1.165, 1.54) is 0 Å². The normalized spacial score (nSPS) is 9.25. The van der Waals surface area contributed by atoms with Crippen LogP contribution in [0.3, 0.4) is 0 Å². The number of anilines is 1. The molecule has 1 rings (SSSR count). The van der Waals surface area contributed by atoms with Gasteiger partial charge in [-0.3, -0.25) is 5.10 Å². The van der Waals surface area contributed by atoms with E-state index in [0.29, 0.717) is 0 Å². The fraction of sp³-hybridized carbons (Fsp3) is 0. The molecule has 0 radical (unpaired) electrons. The zero-order valence-corrected chi connectivity index (χ0v) is 6.95. The van der Waals surface area contributed by atoms with E-state index in [-0.39, 0.29) is 0 Å². The van der Waals surface area contributed by atoms with E-state index < -0.39 is 0 Å². The number of nitrogens with zero attached hydrogens (tertiary/aromatic N) is 1. The van der Waals surface area contributed by atoms with Crippen LogP contribution in [0.1, 0.15) is 0 Å². The molecule has 0 aliphatic carbocycles. The van der Waals surface area contributed by atoms with Crippen LogP contribution in [0.4, 0.5) is 5.69 Å². The molecule has 0 spiro atoms. The number of halogens is 2. The van der Waals surface area contributed by atoms with Crippen molar-refractivity contribution < 1.29 is 0 Å². The summed E-state index contributed by atoms with van der Waals surface area (Å²) in [5, 5.41) is 6.42. The topological polar surface area (TPSA) is 40.7 Å². The molecule has 1 aromatic rings. The van der Waals surface area contributed by atoms with Crippen LogP contribution < -0.4 is 4.34 Å². The van der Waals surface area contributed by atoms with Crippen LogP contribution in [0.25, 0.3) is 0 Å². The van der Waals surface area contributed by atoms with Crippen LogP contribution in [0, 0.1) is 0 Å². The average molecular weight is 241 g/mol. The summed E-state index contributed by atoms with van der Waals surface area (Å²) >= 11 is 6.26. The number of aromatic nitrogens is 2. The Morgan fingerprint density at radius 2 is 2.50 bits per heavy atom. The maximum Gasteiger partial charge on any atom is 0.124 e.